The second-order valence-electron chi connectivity index (χ2n) is 4.81. The van der Waals surface area contributed by atoms with Crippen LogP contribution in [0.25, 0.3) is 5.52 Å². The molecule has 0 fully saturated rings. The first-order valence-electron chi connectivity index (χ1n) is 6.42. The summed E-state index contributed by atoms with van der Waals surface area (Å²) < 4.78 is 2.08. The molecule has 1 aromatic carbocycles. The molecule has 0 saturated carbocycles. The van der Waals surface area contributed by atoms with E-state index in [1.807, 2.05) is 30.5 Å². The van der Waals surface area contributed by atoms with Gasteiger partial charge >= 0.3 is 0 Å². The highest BCUT2D eigenvalue weighted by atomic mass is 35.5. The van der Waals surface area contributed by atoms with Gasteiger partial charge in [-0.1, -0.05) is 55.4 Å². The molecule has 102 valence electrons. The van der Waals surface area contributed by atoms with Gasteiger partial charge in [0.1, 0.15) is 11.0 Å². The van der Waals surface area contributed by atoms with Crippen LogP contribution in [0.1, 0.15) is 25.6 Å². The lowest BCUT2D eigenvalue weighted by Gasteiger charge is -2.10. The number of halogens is 1. The molecular formula is C15H14ClN3S. The van der Waals surface area contributed by atoms with Crippen LogP contribution in [-0.2, 0) is 0 Å². The van der Waals surface area contributed by atoms with Gasteiger partial charge in [-0.3, -0.25) is 4.40 Å². The molecule has 2 heterocycles. The Balaban J connectivity index is 2.15. The first kappa shape index (κ1) is 13.5. The van der Waals surface area contributed by atoms with E-state index >= 15 is 0 Å². The monoisotopic (exact) mass is 303 g/mol. The number of aromatic nitrogens is 3. The average molecular weight is 304 g/mol. The third-order valence-corrected chi connectivity index (χ3v) is 4.10. The molecule has 0 aliphatic carbocycles. The molecule has 2 aromatic heterocycles. The van der Waals surface area contributed by atoms with E-state index in [1.54, 1.807) is 11.8 Å². The lowest BCUT2D eigenvalue weighted by atomic mass is 10.2. The lowest BCUT2D eigenvalue weighted by molar-refractivity contribution is 0.728. The van der Waals surface area contributed by atoms with E-state index in [0.29, 0.717) is 11.1 Å². The van der Waals surface area contributed by atoms with Crippen LogP contribution in [-0.4, -0.2) is 14.4 Å². The zero-order valence-electron chi connectivity index (χ0n) is 11.2. The van der Waals surface area contributed by atoms with E-state index in [-0.39, 0.29) is 0 Å². The number of nitrogens with zero attached hydrogens (tertiary/aromatic N) is 3. The highest BCUT2D eigenvalue weighted by Crippen LogP contribution is 2.30. The summed E-state index contributed by atoms with van der Waals surface area (Å²) in [5.41, 5.74) is 0.979. The molecule has 0 unspecified atom stereocenters. The summed E-state index contributed by atoms with van der Waals surface area (Å²) in [6.07, 6.45) is 1.85. The largest absolute Gasteiger partial charge is 0.275 e. The minimum atomic E-state index is 0.329. The highest BCUT2D eigenvalue weighted by Gasteiger charge is 2.14. The molecule has 3 aromatic rings. The summed E-state index contributed by atoms with van der Waals surface area (Å²) in [6.45, 7) is 4.25. The standard InChI is InChI=1S/C15H14ClN3S/c1-10(2)14-17-9-11-8-13(16)18-15(19(11)14)20-12-6-4-3-5-7-12/h3-10H,1-2H3. The maximum Gasteiger partial charge on any atom is 0.180 e. The summed E-state index contributed by atoms with van der Waals surface area (Å²) in [5, 5.41) is 1.34. The first-order chi connectivity index (χ1) is 9.65. The zero-order valence-corrected chi connectivity index (χ0v) is 12.8. The van der Waals surface area contributed by atoms with E-state index in [1.165, 1.54) is 0 Å². The van der Waals surface area contributed by atoms with Crippen LogP contribution in [0.3, 0.4) is 0 Å². The van der Waals surface area contributed by atoms with Crippen molar-refractivity contribution in [3.8, 4) is 0 Å². The second-order valence-corrected chi connectivity index (χ2v) is 6.24. The third kappa shape index (κ3) is 2.53. The van der Waals surface area contributed by atoms with Crippen LogP contribution in [0, 0.1) is 0 Å². The summed E-state index contributed by atoms with van der Waals surface area (Å²) in [6, 6.07) is 12.0. The number of hydrogen-bond acceptors (Lipinski definition) is 3. The Morgan fingerprint density at radius 1 is 1.20 bits per heavy atom. The Bertz CT molecular complexity index is 737. The molecule has 0 amide bonds. The second kappa shape index (κ2) is 5.46. The van der Waals surface area contributed by atoms with Crippen LogP contribution >= 0.6 is 23.4 Å². The fourth-order valence-corrected chi connectivity index (χ4v) is 3.24. The van der Waals surface area contributed by atoms with Crippen LogP contribution in [0.15, 0.2) is 52.6 Å². The van der Waals surface area contributed by atoms with Crippen LogP contribution in [0.4, 0.5) is 0 Å². The summed E-state index contributed by atoms with van der Waals surface area (Å²) in [4.78, 5) is 10.1. The van der Waals surface area contributed by atoms with Crippen molar-refractivity contribution in [2.75, 3.05) is 0 Å². The van der Waals surface area contributed by atoms with E-state index in [0.717, 1.165) is 21.4 Å². The molecule has 0 spiro atoms. The smallest absolute Gasteiger partial charge is 0.180 e. The zero-order chi connectivity index (χ0) is 14.1. The lowest BCUT2D eigenvalue weighted by Crippen LogP contribution is -2.02. The molecule has 5 heteroatoms. The number of benzene rings is 1. The Labute approximate surface area is 127 Å². The van der Waals surface area contributed by atoms with E-state index < -0.39 is 0 Å². The molecule has 0 aliphatic rings. The summed E-state index contributed by atoms with van der Waals surface area (Å²) in [7, 11) is 0. The molecule has 0 N–H and O–H groups in total. The molecule has 0 saturated heterocycles. The fourth-order valence-electron chi connectivity index (χ4n) is 2.06. The van der Waals surface area contributed by atoms with Crippen molar-refractivity contribution >= 4 is 28.9 Å². The van der Waals surface area contributed by atoms with Crippen molar-refractivity contribution in [3.05, 3.63) is 53.6 Å². The van der Waals surface area contributed by atoms with Gasteiger partial charge in [0, 0.05) is 16.9 Å². The molecular weight excluding hydrogens is 290 g/mol. The molecule has 20 heavy (non-hydrogen) atoms. The van der Waals surface area contributed by atoms with Crippen molar-refractivity contribution < 1.29 is 0 Å². The predicted octanol–water partition coefficient (Wildman–Crippen LogP) is 4.66. The van der Waals surface area contributed by atoms with Crippen molar-refractivity contribution in [3.63, 3.8) is 0 Å². The average Bonchev–Trinajstić information content (AvgIpc) is 2.83. The van der Waals surface area contributed by atoms with Gasteiger partial charge in [0.2, 0.25) is 0 Å². The summed E-state index contributed by atoms with van der Waals surface area (Å²) in [5.74, 6) is 1.33. The number of hydrogen-bond donors (Lipinski definition) is 0. The van der Waals surface area contributed by atoms with Gasteiger partial charge in [0.05, 0.1) is 11.7 Å². The third-order valence-electron chi connectivity index (χ3n) is 2.95. The number of imidazole rings is 1. The Kier molecular flexibility index (Phi) is 3.68. The normalized spacial score (nSPS) is 11.4. The van der Waals surface area contributed by atoms with Gasteiger partial charge in [-0.05, 0) is 12.1 Å². The molecule has 0 radical (unpaired) electrons. The van der Waals surface area contributed by atoms with Crippen molar-refractivity contribution in [1.29, 1.82) is 0 Å². The van der Waals surface area contributed by atoms with E-state index in [2.05, 4.69) is 40.3 Å². The maximum atomic E-state index is 6.11. The van der Waals surface area contributed by atoms with Gasteiger partial charge in [-0.25, -0.2) is 9.97 Å². The summed E-state index contributed by atoms with van der Waals surface area (Å²) >= 11 is 7.71. The first-order valence-corrected chi connectivity index (χ1v) is 7.61. The van der Waals surface area contributed by atoms with Gasteiger partial charge in [0.25, 0.3) is 0 Å². The van der Waals surface area contributed by atoms with Crippen molar-refractivity contribution in [1.82, 2.24) is 14.4 Å². The van der Waals surface area contributed by atoms with Gasteiger partial charge < -0.3 is 0 Å². The van der Waals surface area contributed by atoms with Crippen LogP contribution in [0.2, 0.25) is 5.15 Å². The maximum absolute atomic E-state index is 6.11. The molecule has 3 rings (SSSR count). The van der Waals surface area contributed by atoms with Crippen LogP contribution < -0.4 is 0 Å². The minimum Gasteiger partial charge on any atom is -0.275 e. The Morgan fingerprint density at radius 2 is 1.95 bits per heavy atom. The van der Waals surface area contributed by atoms with Gasteiger partial charge in [-0.15, -0.1) is 0 Å². The van der Waals surface area contributed by atoms with Crippen LogP contribution in [0.5, 0.6) is 0 Å². The predicted molar refractivity (Wildman–Crippen MR) is 82.7 cm³/mol. The number of fused-ring (bicyclic) bond motifs is 1. The Hall–Kier alpha value is -1.52. The van der Waals surface area contributed by atoms with Crippen molar-refractivity contribution in [2.45, 2.75) is 29.8 Å². The highest BCUT2D eigenvalue weighted by molar-refractivity contribution is 7.99. The van der Waals surface area contributed by atoms with Gasteiger partial charge in [-0.2, -0.15) is 0 Å². The fraction of sp³-hybridized carbons (Fsp3) is 0.200. The van der Waals surface area contributed by atoms with Crippen molar-refractivity contribution in [2.24, 2.45) is 0 Å². The number of rotatable bonds is 3. The topological polar surface area (TPSA) is 30.2 Å². The molecule has 0 atom stereocenters. The Morgan fingerprint density at radius 3 is 2.65 bits per heavy atom. The SMILES string of the molecule is CC(C)c1ncc2cc(Cl)nc(Sc3ccccc3)n12. The molecule has 0 aliphatic heterocycles. The molecule has 3 nitrogen and oxygen atoms in total. The molecule has 0 bridgehead atoms. The quantitative estimate of drug-likeness (QED) is 0.521. The van der Waals surface area contributed by atoms with Gasteiger partial charge in [0.15, 0.2) is 5.16 Å². The van der Waals surface area contributed by atoms with E-state index in [9.17, 15) is 0 Å². The minimum absolute atomic E-state index is 0.329. The van der Waals surface area contributed by atoms with E-state index in [4.69, 9.17) is 11.6 Å².